The van der Waals surface area contributed by atoms with E-state index in [2.05, 4.69) is 26.0 Å². The van der Waals surface area contributed by atoms with Gasteiger partial charge in [-0.05, 0) is 25.2 Å². The molecule has 0 aromatic rings. The van der Waals surface area contributed by atoms with Crippen molar-refractivity contribution in [2.24, 2.45) is 5.92 Å². The molecule has 0 fully saturated rings. The minimum Gasteiger partial charge on any atom is -0.396 e. The number of aliphatic hydroxyl groups is 1. The van der Waals surface area contributed by atoms with E-state index in [1.54, 1.807) is 0 Å². The Labute approximate surface area is 63.8 Å². The second kappa shape index (κ2) is 6.81. The summed E-state index contributed by atoms with van der Waals surface area (Å²) in [6, 6.07) is 0. The van der Waals surface area contributed by atoms with E-state index >= 15 is 0 Å². The lowest BCUT2D eigenvalue weighted by Gasteiger charge is -1.95. The van der Waals surface area contributed by atoms with Crippen molar-refractivity contribution in [2.45, 2.75) is 33.1 Å². The van der Waals surface area contributed by atoms with Gasteiger partial charge in [0, 0.05) is 6.61 Å². The first-order valence-corrected chi connectivity index (χ1v) is 4.03. The molecule has 0 saturated carbocycles. The molecule has 1 heteroatoms. The molecule has 0 heterocycles. The molecule has 0 aromatic heterocycles. The highest BCUT2D eigenvalue weighted by Gasteiger charge is 1.86. The smallest absolute Gasteiger partial charge is 0.0433 e. The molecule has 1 nitrogen and oxygen atoms in total. The summed E-state index contributed by atoms with van der Waals surface area (Å²) >= 11 is 0. The third-order valence-corrected chi connectivity index (χ3v) is 1.30. The summed E-state index contributed by atoms with van der Waals surface area (Å²) in [5.74, 6) is 0.755. The zero-order valence-electron chi connectivity index (χ0n) is 7.01. The molecular weight excluding hydrogens is 124 g/mol. The fraction of sp³-hybridized carbons (Fsp3) is 0.778. The van der Waals surface area contributed by atoms with Gasteiger partial charge >= 0.3 is 0 Å². The lowest BCUT2D eigenvalue weighted by Crippen LogP contribution is -1.82. The van der Waals surface area contributed by atoms with Crippen LogP contribution in [0.2, 0.25) is 0 Å². The number of allylic oxidation sites excluding steroid dienone is 2. The molecule has 0 aliphatic carbocycles. The zero-order chi connectivity index (χ0) is 7.82. The Hall–Kier alpha value is -0.300. The first kappa shape index (κ1) is 9.70. The Bertz CT molecular complexity index is 84.7. The van der Waals surface area contributed by atoms with Crippen LogP contribution < -0.4 is 0 Å². The molecule has 0 unspecified atom stereocenters. The van der Waals surface area contributed by atoms with E-state index in [9.17, 15) is 0 Å². The molecule has 0 radical (unpaired) electrons. The minimum atomic E-state index is 0.312. The first-order chi connectivity index (χ1) is 4.77. The Morgan fingerprint density at radius 2 is 2.00 bits per heavy atom. The van der Waals surface area contributed by atoms with E-state index in [0.29, 0.717) is 6.61 Å². The SMILES string of the molecule is CC(C)C/C=C\CCCO. The summed E-state index contributed by atoms with van der Waals surface area (Å²) in [5.41, 5.74) is 0. The maximum absolute atomic E-state index is 8.44. The van der Waals surface area contributed by atoms with Gasteiger partial charge in [0.2, 0.25) is 0 Å². The fourth-order valence-corrected chi connectivity index (χ4v) is 0.695. The molecule has 0 aliphatic rings. The Morgan fingerprint density at radius 3 is 2.50 bits per heavy atom. The normalized spacial score (nSPS) is 11.6. The average Bonchev–Trinajstić information content (AvgIpc) is 1.87. The van der Waals surface area contributed by atoms with Crippen LogP contribution in [-0.4, -0.2) is 11.7 Å². The predicted molar refractivity (Wildman–Crippen MR) is 44.9 cm³/mol. The molecule has 0 saturated heterocycles. The second-order valence-electron chi connectivity index (χ2n) is 2.97. The van der Waals surface area contributed by atoms with E-state index in [-0.39, 0.29) is 0 Å². The van der Waals surface area contributed by atoms with Gasteiger partial charge in [-0.2, -0.15) is 0 Å². The quantitative estimate of drug-likeness (QED) is 0.461. The summed E-state index contributed by atoms with van der Waals surface area (Å²) in [5, 5.41) is 8.44. The van der Waals surface area contributed by atoms with Crippen molar-refractivity contribution in [2.75, 3.05) is 6.61 Å². The van der Waals surface area contributed by atoms with Crippen LogP contribution in [0, 0.1) is 5.92 Å². The van der Waals surface area contributed by atoms with Gasteiger partial charge in [0.15, 0.2) is 0 Å². The third kappa shape index (κ3) is 7.70. The van der Waals surface area contributed by atoms with Gasteiger partial charge in [-0.1, -0.05) is 26.0 Å². The molecule has 0 amide bonds. The highest BCUT2D eigenvalue weighted by atomic mass is 16.2. The summed E-state index contributed by atoms with van der Waals surface area (Å²) in [7, 11) is 0. The van der Waals surface area contributed by atoms with E-state index in [1.165, 1.54) is 0 Å². The van der Waals surface area contributed by atoms with Crippen LogP contribution in [0.1, 0.15) is 33.1 Å². The third-order valence-electron chi connectivity index (χ3n) is 1.30. The Morgan fingerprint density at radius 1 is 1.30 bits per heavy atom. The molecule has 0 rings (SSSR count). The van der Waals surface area contributed by atoms with Gasteiger partial charge in [-0.3, -0.25) is 0 Å². The number of unbranched alkanes of at least 4 members (excludes halogenated alkanes) is 1. The van der Waals surface area contributed by atoms with Crippen molar-refractivity contribution >= 4 is 0 Å². The number of hydrogen-bond acceptors (Lipinski definition) is 1. The van der Waals surface area contributed by atoms with Crippen LogP contribution in [0.25, 0.3) is 0 Å². The molecule has 0 atom stereocenters. The number of hydrogen-bond donors (Lipinski definition) is 1. The van der Waals surface area contributed by atoms with Gasteiger partial charge in [-0.15, -0.1) is 0 Å². The van der Waals surface area contributed by atoms with Crippen LogP contribution in [0.3, 0.4) is 0 Å². The predicted octanol–water partition coefficient (Wildman–Crippen LogP) is 2.36. The summed E-state index contributed by atoms with van der Waals surface area (Å²) < 4.78 is 0. The van der Waals surface area contributed by atoms with E-state index in [4.69, 9.17) is 5.11 Å². The van der Waals surface area contributed by atoms with Crippen molar-refractivity contribution in [3.05, 3.63) is 12.2 Å². The van der Waals surface area contributed by atoms with Gasteiger partial charge in [0.1, 0.15) is 0 Å². The van der Waals surface area contributed by atoms with E-state index in [1.807, 2.05) is 0 Å². The molecule has 0 aromatic carbocycles. The van der Waals surface area contributed by atoms with Crippen molar-refractivity contribution in [1.29, 1.82) is 0 Å². The summed E-state index contributed by atoms with van der Waals surface area (Å²) in [6.45, 7) is 4.72. The maximum Gasteiger partial charge on any atom is 0.0433 e. The van der Waals surface area contributed by atoms with Gasteiger partial charge < -0.3 is 5.11 Å². The highest BCUT2D eigenvalue weighted by molar-refractivity contribution is 4.82. The Balaban J connectivity index is 3.04. The molecule has 0 bridgehead atoms. The van der Waals surface area contributed by atoms with Gasteiger partial charge in [-0.25, -0.2) is 0 Å². The molecular formula is C9H18O. The first-order valence-electron chi connectivity index (χ1n) is 4.03. The van der Waals surface area contributed by atoms with E-state index in [0.717, 1.165) is 25.2 Å². The van der Waals surface area contributed by atoms with Gasteiger partial charge in [0.25, 0.3) is 0 Å². The standard InChI is InChI=1S/C9H18O/c1-9(2)7-5-3-4-6-8-10/h3,5,9-10H,4,6-8H2,1-2H3/b5-3-. The molecule has 1 N–H and O–H groups in total. The lowest BCUT2D eigenvalue weighted by molar-refractivity contribution is 0.289. The molecule has 0 aliphatic heterocycles. The van der Waals surface area contributed by atoms with Gasteiger partial charge in [0.05, 0.1) is 0 Å². The second-order valence-corrected chi connectivity index (χ2v) is 2.97. The van der Waals surface area contributed by atoms with Crippen molar-refractivity contribution in [3.8, 4) is 0 Å². The maximum atomic E-state index is 8.44. The average molecular weight is 142 g/mol. The van der Waals surface area contributed by atoms with Crippen molar-refractivity contribution in [3.63, 3.8) is 0 Å². The van der Waals surface area contributed by atoms with Crippen LogP contribution in [0.4, 0.5) is 0 Å². The van der Waals surface area contributed by atoms with Crippen LogP contribution in [0.15, 0.2) is 12.2 Å². The number of rotatable bonds is 5. The number of aliphatic hydroxyl groups excluding tert-OH is 1. The van der Waals surface area contributed by atoms with E-state index < -0.39 is 0 Å². The van der Waals surface area contributed by atoms with Crippen LogP contribution in [0.5, 0.6) is 0 Å². The van der Waals surface area contributed by atoms with Crippen LogP contribution in [-0.2, 0) is 0 Å². The monoisotopic (exact) mass is 142 g/mol. The highest BCUT2D eigenvalue weighted by Crippen LogP contribution is 2.00. The Kier molecular flexibility index (Phi) is 6.61. The van der Waals surface area contributed by atoms with Crippen molar-refractivity contribution in [1.82, 2.24) is 0 Å². The lowest BCUT2D eigenvalue weighted by atomic mass is 10.1. The summed E-state index contributed by atoms with van der Waals surface area (Å²) in [6.07, 6.45) is 7.42. The topological polar surface area (TPSA) is 20.2 Å². The fourth-order valence-electron chi connectivity index (χ4n) is 0.695. The molecule has 0 spiro atoms. The minimum absolute atomic E-state index is 0.312. The van der Waals surface area contributed by atoms with Crippen LogP contribution >= 0.6 is 0 Å². The zero-order valence-corrected chi connectivity index (χ0v) is 7.01. The largest absolute Gasteiger partial charge is 0.396 e. The molecule has 10 heavy (non-hydrogen) atoms. The summed E-state index contributed by atoms with van der Waals surface area (Å²) in [4.78, 5) is 0. The van der Waals surface area contributed by atoms with Crippen molar-refractivity contribution < 1.29 is 5.11 Å². The molecule has 60 valence electrons.